The smallest absolute Gasteiger partial charge is 0.259 e. The summed E-state index contributed by atoms with van der Waals surface area (Å²) in [5.74, 6) is 0.566. The highest BCUT2D eigenvalue weighted by atomic mass is 35.5. The maximum atomic E-state index is 12.8. The number of ketones is 1. The predicted octanol–water partition coefficient (Wildman–Crippen LogP) is 4.30. The van der Waals surface area contributed by atoms with Gasteiger partial charge in [-0.3, -0.25) is 9.59 Å². The van der Waals surface area contributed by atoms with Gasteiger partial charge in [0, 0.05) is 31.0 Å². The molecule has 1 fully saturated rings. The van der Waals surface area contributed by atoms with Crippen molar-refractivity contribution in [3.8, 4) is 5.69 Å². The molecule has 0 saturated carbocycles. The molecule has 0 atom stereocenters. The van der Waals surface area contributed by atoms with Crippen LogP contribution in [0.25, 0.3) is 5.69 Å². The standard InChI is InChI=1S/C21H19Cl2N5O2/c1-13-18(12-25-28(13)16-4-2-14(22)3-5-16)21(30)26-15-10-19(23)20(24-11-15)27-8-6-17(29)7-9-27/h2-5,10-12H,6-9H2,1H3,(H,26,30). The van der Waals surface area contributed by atoms with E-state index in [0.717, 1.165) is 5.69 Å². The molecule has 7 nitrogen and oxygen atoms in total. The van der Waals surface area contributed by atoms with E-state index in [2.05, 4.69) is 15.4 Å². The van der Waals surface area contributed by atoms with E-state index in [1.807, 2.05) is 24.0 Å². The lowest BCUT2D eigenvalue weighted by molar-refractivity contribution is -0.119. The van der Waals surface area contributed by atoms with Crippen LogP contribution in [0.3, 0.4) is 0 Å². The Morgan fingerprint density at radius 2 is 1.80 bits per heavy atom. The summed E-state index contributed by atoms with van der Waals surface area (Å²) in [6.07, 6.45) is 4.07. The number of benzene rings is 1. The quantitative estimate of drug-likeness (QED) is 0.649. The molecule has 1 N–H and O–H groups in total. The molecule has 1 aliphatic heterocycles. The summed E-state index contributed by atoms with van der Waals surface area (Å²) in [4.78, 5) is 30.6. The van der Waals surface area contributed by atoms with E-state index in [-0.39, 0.29) is 11.7 Å². The van der Waals surface area contributed by atoms with Gasteiger partial charge in [-0.1, -0.05) is 23.2 Å². The van der Waals surface area contributed by atoms with Crippen molar-refractivity contribution in [2.24, 2.45) is 0 Å². The lowest BCUT2D eigenvalue weighted by atomic mass is 10.1. The second kappa shape index (κ2) is 8.45. The van der Waals surface area contributed by atoms with Crippen molar-refractivity contribution in [2.45, 2.75) is 19.8 Å². The van der Waals surface area contributed by atoms with Crippen molar-refractivity contribution >= 4 is 46.4 Å². The number of rotatable bonds is 4. The molecule has 3 aromatic rings. The van der Waals surface area contributed by atoms with Crippen molar-refractivity contribution in [2.75, 3.05) is 23.3 Å². The molecule has 0 spiro atoms. The van der Waals surface area contributed by atoms with Gasteiger partial charge in [0.25, 0.3) is 5.91 Å². The minimum Gasteiger partial charge on any atom is -0.355 e. The highest BCUT2D eigenvalue weighted by molar-refractivity contribution is 6.33. The van der Waals surface area contributed by atoms with Gasteiger partial charge in [-0.15, -0.1) is 0 Å². The van der Waals surface area contributed by atoms with E-state index in [0.29, 0.717) is 58.7 Å². The molecule has 0 bridgehead atoms. The van der Waals surface area contributed by atoms with Gasteiger partial charge in [0.2, 0.25) is 0 Å². The number of Topliss-reactive ketones (excluding diaryl/α,β-unsaturated/α-hetero) is 1. The van der Waals surface area contributed by atoms with Crippen LogP contribution in [0.15, 0.2) is 42.7 Å². The van der Waals surface area contributed by atoms with E-state index >= 15 is 0 Å². The Kier molecular flexibility index (Phi) is 5.74. The van der Waals surface area contributed by atoms with Crippen molar-refractivity contribution in [3.05, 3.63) is 64.0 Å². The normalized spacial score (nSPS) is 14.1. The van der Waals surface area contributed by atoms with E-state index in [4.69, 9.17) is 23.2 Å². The number of nitrogens with zero attached hydrogens (tertiary/aromatic N) is 4. The van der Waals surface area contributed by atoms with Crippen LogP contribution in [0.2, 0.25) is 10.0 Å². The Morgan fingerprint density at radius 1 is 1.10 bits per heavy atom. The summed E-state index contributed by atoms with van der Waals surface area (Å²) < 4.78 is 1.68. The fourth-order valence-electron chi connectivity index (χ4n) is 3.37. The van der Waals surface area contributed by atoms with Crippen LogP contribution in [0, 0.1) is 6.92 Å². The van der Waals surface area contributed by atoms with Crippen LogP contribution >= 0.6 is 23.2 Å². The molecule has 154 valence electrons. The number of anilines is 2. The Balaban J connectivity index is 1.50. The van der Waals surface area contributed by atoms with Crippen molar-refractivity contribution in [3.63, 3.8) is 0 Å². The van der Waals surface area contributed by atoms with Crippen molar-refractivity contribution in [1.29, 1.82) is 0 Å². The highest BCUT2D eigenvalue weighted by Gasteiger charge is 2.21. The molecule has 0 radical (unpaired) electrons. The van der Waals surface area contributed by atoms with Gasteiger partial charge in [0.15, 0.2) is 0 Å². The minimum absolute atomic E-state index is 0.251. The lowest BCUT2D eigenvalue weighted by Gasteiger charge is -2.27. The van der Waals surface area contributed by atoms with Crippen LogP contribution in [0.1, 0.15) is 28.9 Å². The van der Waals surface area contributed by atoms with Gasteiger partial charge < -0.3 is 10.2 Å². The molecule has 30 heavy (non-hydrogen) atoms. The Hall–Kier alpha value is -2.90. The maximum Gasteiger partial charge on any atom is 0.259 e. The number of pyridine rings is 1. The van der Waals surface area contributed by atoms with E-state index in [1.165, 1.54) is 6.20 Å². The molecule has 3 heterocycles. The van der Waals surface area contributed by atoms with Crippen LogP contribution in [0.4, 0.5) is 11.5 Å². The van der Waals surface area contributed by atoms with Crippen LogP contribution in [0.5, 0.6) is 0 Å². The Bertz CT molecular complexity index is 1100. The SMILES string of the molecule is Cc1c(C(=O)Nc2cnc(N3CCC(=O)CC3)c(Cl)c2)cnn1-c1ccc(Cl)cc1. The molecule has 1 amide bonds. The molecule has 0 aliphatic carbocycles. The first-order valence-corrected chi connectivity index (χ1v) is 10.2. The number of piperidine rings is 1. The molecule has 1 aromatic carbocycles. The van der Waals surface area contributed by atoms with Gasteiger partial charge in [-0.05, 0) is 37.3 Å². The molecule has 1 aliphatic rings. The predicted molar refractivity (Wildman–Crippen MR) is 117 cm³/mol. The van der Waals surface area contributed by atoms with Gasteiger partial charge in [0.1, 0.15) is 11.6 Å². The van der Waals surface area contributed by atoms with Gasteiger partial charge in [-0.25, -0.2) is 9.67 Å². The first-order valence-electron chi connectivity index (χ1n) is 9.46. The average Bonchev–Trinajstić information content (AvgIpc) is 3.11. The molecule has 9 heteroatoms. The third-order valence-corrected chi connectivity index (χ3v) is 5.56. The lowest BCUT2D eigenvalue weighted by Crippen LogP contribution is -2.34. The molecule has 1 saturated heterocycles. The minimum atomic E-state index is -0.304. The number of nitrogens with one attached hydrogen (secondary N) is 1. The van der Waals surface area contributed by atoms with E-state index < -0.39 is 0 Å². The topological polar surface area (TPSA) is 80.1 Å². The largest absolute Gasteiger partial charge is 0.355 e. The van der Waals surface area contributed by atoms with Gasteiger partial charge in [-0.2, -0.15) is 5.10 Å². The number of carbonyl (C=O) groups is 2. The summed E-state index contributed by atoms with van der Waals surface area (Å²) in [7, 11) is 0. The van der Waals surface area contributed by atoms with Crippen LogP contribution < -0.4 is 10.2 Å². The summed E-state index contributed by atoms with van der Waals surface area (Å²) in [6.45, 7) is 3.02. The number of hydrogen-bond donors (Lipinski definition) is 1. The molecular formula is C21H19Cl2N5O2. The van der Waals surface area contributed by atoms with Gasteiger partial charge in [0.05, 0.1) is 40.0 Å². The zero-order valence-electron chi connectivity index (χ0n) is 16.2. The van der Waals surface area contributed by atoms with Crippen molar-refractivity contribution < 1.29 is 9.59 Å². The molecule has 4 rings (SSSR count). The maximum absolute atomic E-state index is 12.8. The fourth-order valence-corrected chi connectivity index (χ4v) is 3.79. The van der Waals surface area contributed by atoms with Crippen LogP contribution in [-0.2, 0) is 4.79 Å². The third kappa shape index (κ3) is 4.17. The first kappa shape index (κ1) is 20.4. The summed E-state index contributed by atoms with van der Waals surface area (Å²) in [5, 5.41) is 8.19. The third-order valence-electron chi connectivity index (χ3n) is 5.03. The molecule has 2 aromatic heterocycles. The number of hydrogen-bond acceptors (Lipinski definition) is 5. The number of amides is 1. The molecular weight excluding hydrogens is 425 g/mol. The summed E-state index contributed by atoms with van der Waals surface area (Å²) in [6, 6.07) is 8.87. The number of halogens is 2. The molecule has 0 unspecified atom stereocenters. The fraction of sp³-hybridized carbons (Fsp3) is 0.238. The second-order valence-electron chi connectivity index (χ2n) is 7.04. The van der Waals surface area contributed by atoms with E-state index in [1.54, 1.807) is 29.1 Å². The highest BCUT2D eigenvalue weighted by Crippen LogP contribution is 2.28. The van der Waals surface area contributed by atoms with Crippen LogP contribution in [-0.4, -0.2) is 39.5 Å². The Morgan fingerprint density at radius 3 is 2.47 bits per heavy atom. The summed E-state index contributed by atoms with van der Waals surface area (Å²) >= 11 is 12.3. The van der Waals surface area contributed by atoms with Crippen molar-refractivity contribution in [1.82, 2.24) is 14.8 Å². The number of aromatic nitrogens is 3. The number of carbonyl (C=O) groups excluding carboxylic acids is 2. The monoisotopic (exact) mass is 443 g/mol. The average molecular weight is 444 g/mol. The zero-order valence-corrected chi connectivity index (χ0v) is 17.7. The van der Waals surface area contributed by atoms with E-state index in [9.17, 15) is 9.59 Å². The second-order valence-corrected chi connectivity index (χ2v) is 7.88. The van der Waals surface area contributed by atoms with Gasteiger partial charge >= 0.3 is 0 Å². The first-order chi connectivity index (χ1) is 14.4. The zero-order chi connectivity index (χ0) is 21.3. The Labute approximate surface area is 183 Å². The summed E-state index contributed by atoms with van der Waals surface area (Å²) in [5.41, 5.74) is 2.44.